The Balaban J connectivity index is 2.89. The molecule has 0 radical (unpaired) electrons. The molecule has 0 N–H and O–H groups in total. The molecule has 0 unspecified atom stereocenters. The standard InChI is InChI=1S/C13H14O2/c1-4-5-6-11-7-8-12(10(2)9-11)13(14)15-3/h1,7-9H,5-6H2,2-3H3. The maximum atomic E-state index is 11.3. The average molecular weight is 202 g/mol. The molecule has 15 heavy (non-hydrogen) atoms. The van der Waals surface area contributed by atoms with Crippen LogP contribution >= 0.6 is 0 Å². The monoisotopic (exact) mass is 202 g/mol. The Morgan fingerprint density at radius 3 is 2.80 bits per heavy atom. The quantitative estimate of drug-likeness (QED) is 0.555. The Labute approximate surface area is 90.3 Å². The average Bonchev–Trinajstić information content (AvgIpc) is 2.25. The molecular weight excluding hydrogens is 188 g/mol. The van der Waals surface area contributed by atoms with Gasteiger partial charge < -0.3 is 4.74 Å². The first kappa shape index (κ1) is 11.3. The number of methoxy groups -OCH3 is 1. The minimum atomic E-state index is -0.295. The van der Waals surface area contributed by atoms with Gasteiger partial charge in [0.15, 0.2) is 0 Å². The number of esters is 1. The fourth-order valence-corrected chi connectivity index (χ4v) is 1.44. The Morgan fingerprint density at radius 1 is 1.53 bits per heavy atom. The van der Waals surface area contributed by atoms with Crippen LogP contribution in [-0.2, 0) is 11.2 Å². The number of ether oxygens (including phenoxy) is 1. The number of carbonyl (C=O) groups excluding carboxylic acids is 1. The molecule has 1 aromatic carbocycles. The molecular formula is C13H14O2. The van der Waals surface area contributed by atoms with Crippen molar-refractivity contribution in [2.24, 2.45) is 0 Å². The van der Waals surface area contributed by atoms with E-state index >= 15 is 0 Å². The van der Waals surface area contributed by atoms with Gasteiger partial charge in [-0.3, -0.25) is 0 Å². The lowest BCUT2D eigenvalue weighted by atomic mass is 10.0. The van der Waals surface area contributed by atoms with Crippen LogP contribution in [0.25, 0.3) is 0 Å². The number of carbonyl (C=O) groups is 1. The molecule has 0 heterocycles. The van der Waals surface area contributed by atoms with Crippen LogP contribution in [-0.4, -0.2) is 13.1 Å². The second-order valence-electron chi connectivity index (χ2n) is 3.34. The molecule has 1 rings (SSSR count). The molecule has 1 aromatic rings. The second kappa shape index (κ2) is 5.21. The summed E-state index contributed by atoms with van der Waals surface area (Å²) in [6.07, 6.45) is 6.76. The van der Waals surface area contributed by atoms with E-state index in [9.17, 15) is 4.79 Å². The molecule has 0 aliphatic carbocycles. The van der Waals surface area contributed by atoms with Gasteiger partial charge in [-0.1, -0.05) is 12.1 Å². The van der Waals surface area contributed by atoms with E-state index in [0.29, 0.717) is 5.56 Å². The molecule has 0 saturated heterocycles. The predicted molar refractivity (Wildman–Crippen MR) is 59.7 cm³/mol. The van der Waals surface area contributed by atoms with Crippen molar-refractivity contribution in [3.05, 3.63) is 34.9 Å². The van der Waals surface area contributed by atoms with Crippen molar-refractivity contribution in [1.82, 2.24) is 0 Å². The third-order valence-corrected chi connectivity index (χ3v) is 2.25. The summed E-state index contributed by atoms with van der Waals surface area (Å²) in [4.78, 5) is 11.3. The molecule has 0 fully saturated rings. The van der Waals surface area contributed by atoms with E-state index in [1.54, 1.807) is 6.07 Å². The van der Waals surface area contributed by atoms with Crippen molar-refractivity contribution in [2.75, 3.05) is 7.11 Å². The summed E-state index contributed by atoms with van der Waals surface area (Å²) in [7, 11) is 1.38. The molecule has 0 saturated carbocycles. The number of rotatable bonds is 3. The number of aryl methyl sites for hydroxylation is 2. The van der Waals surface area contributed by atoms with Crippen LogP contribution in [0.3, 0.4) is 0 Å². The molecule has 2 heteroatoms. The minimum Gasteiger partial charge on any atom is -0.465 e. The lowest BCUT2D eigenvalue weighted by Gasteiger charge is -2.05. The van der Waals surface area contributed by atoms with Gasteiger partial charge in [0.25, 0.3) is 0 Å². The SMILES string of the molecule is C#CCCc1ccc(C(=O)OC)c(C)c1. The van der Waals surface area contributed by atoms with E-state index < -0.39 is 0 Å². The lowest BCUT2D eigenvalue weighted by Crippen LogP contribution is -2.04. The van der Waals surface area contributed by atoms with E-state index in [1.807, 2.05) is 19.1 Å². The van der Waals surface area contributed by atoms with Crippen LogP contribution in [0.5, 0.6) is 0 Å². The van der Waals surface area contributed by atoms with Gasteiger partial charge in [-0.2, -0.15) is 0 Å². The van der Waals surface area contributed by atoms with Gasteiger partial charge >= 0.3 is 5.97 Å². The van der Waals surface area contributed by atoms with Crippen molar-refractivity contribution in [1.29, 1.82) is 0 Å². The number of terminal acetylenes is 1. The van der Waals surface area contributed by atoms with Gasteiger partial charge in [0.2, 0.25) is 0 Å². The highest BCUT2D eigenvalue weighted by Gasteiger charge is 2.08. The molecule has 0 aliphatic rings. The molecule has 2 nitrogen and oxygen atoms in total. The molecule has 0 aliphatic heterocycles. The highest BCUT2D eigenvalue weighted by molar-refractivity contribution is 5.90. The number of benzene rings is 1. The van der Waals surface area contributed by atoms with Crippen LogP contribution in [0.1, 0.15) is 27.9 Å². The highest BCUT2D eigenvalue weighted by atomic mass is 16.5. The predicted octanol–water partition coefficient (Wildman–Crippen LogP) is 2.35. The van der Waals surface area contributed by atoms with E-state index in [2.05, 4.69) is 10.7 Å². The van der Waals surface area contributed by atoms with E-state index in [-0.39, 0.29) is 5.97 Å². The van der Waals surface area contributed by atoms with Gasteiger partial charge in [0.1, 0.15) is 0 Å². The Hall–Kier alpha value is -1.75. The first-order valence-electron chi connectivity index (χ1n) is 4.80. The van der Waals surface area contributed by atoms with Crippen LogP contribution in [0, 0.1) is 19.3 Å². The largest absolute Gasteiger partial charge is 0.465 e. The van der Waals surface area contributed by atoms with Crippen LogP contribution in [0.2, 0.25) is 0 Å². The zero-order valence-electron chi connectivity index (χ0n) is 9.04. The lowest BCUT2D eigenvalue weighted by molar-refractivity contribution is 0.0600. The summed E-state index contributed by atoms with van der Waals surface area (Å²) in [6, 6.07) is 5.67. The van der Waals surface area contributed by atoms with Crippen molar-refractivity contribution in [2.45, 2.75) is 19.8 Å². The van der Waals surface area contributed by atoms with Crippen molar-refractivity contribution in [3.63, 3.8) is 0 Å². The van der Waals surface area contributed by atoms with E-state index in [1.165, 1.54) is 7.11 Å². The Kier molecular flexibility index (Phi) is 3.93. The second-order valence-corrected chi connectivity index (χ2v) is 3.34. The molecule has 0 spiro atoms. The summed E-state index contributed by atoms with van der Waals surface area (Å²) in [6.45, 7) is 1.89. The van der Waals surface area contributed by atoms with Gasteiger partial charge in [-0.05, 0) is 30.5 Å². The number of hydrogen-bond acceptors (Lipinski definition) is 2. The first-order chi connectivity index (χ1) is 7.19. The zero-order chi connectivity index (χ0) is 11.3. The molecule has 0 atom stereocenters. The topological polar surface area (TPSA) is 26.3 Å². The Morgan fingerprint density at radius 2 is 2.27 bits per heavy atom. The van der Waals surface area contributed by atoms with Gasteiger partial charge in [0, 0.05) is 6.42 Å². The van der Waals surface area contributed by atoms with Crippen molar-refractivity contribution >= 4 is 5.97 Å². The molecule has 0 amide bonds. The normalized spacial score (nSPS) is 9.40. The fraction of sp³-hybridized carbons (Fsp3) is 0.308. The van der Waals surface area contributed by atoms with Gasteiger partial charge in [-0.15, -0.1) is 12.3 Å². The van der Waals surface area contributed by atoms with Crippen LogP contribution in [0.15, 0.2) is 18.2 Å². The minimum absolute atomic E-state index is 0.295. The summed E-state index contributed by atoms with van der Waals surface area (Å²) in [5, 5.41) is 0. The third-order valence-electron chi connectivity index (χ3n) is 2.25. The van der Waals surface area contributed by atoms with Crippen molar-refractivity contribution < 1.29 is 9.53 Å². The Bertz CT molecular complexity index is 399. The summed E-state index contributed by atoms with van der Waals surface area (Å²) < 4.78 is 4.67. The maximum absolute atomic E-state index is 11.3. The maximum Gasteiger partial charge on any atom is 0.338 e. The third kappa shape index (κ3) is 2.85. The fourth-order valence-electron chi connectivity index (χ4n) is 1.44. The molecule has 0 aromatic heterocycles. The smallest absolute Gasteiger partial charge is 0.338 e. The van der Waals surface area contributed by atoms with E-state index in [0.717, 1.165) is 24.0 Å². The summed E-state index contributed by atoms with van der Waals surface area (Å²) in [5.74, 6) is 2.30. The van der Waals surface area contributed by atoms with Crippen molar-refractivity contribution in [3.8, 4) is 12.3 Å². The van der Waals surface area contributed by atoms with Gasteiger partial charge in [0.05, 0.1) is 12.7 Å². The van der Waals surface area contributed by atoms with E-state index in [4.69, 9.17) is 6.42 Å². The first-order valence-corrected chi connectivity index (χ1v) is 4.80. The van der Waals surface area contributed by atoms with Crippen LogP contribution < -0.4 is 0 Å². The summed E-state index contributed by atoms with van der Waals surface area (Å²) in [5.41, 5.74) is 2.69. The molecule has 78 valence electrons. The van der Waals surface area contributed by atoms with Gasteiger partial charge in [-0.25, -0.2) is 4.79 Å². The summed E-state index contributed by atoms with van der Waals surface area (Å²) >= 11 is 0. The number of hydrogen-bond donors (Lipinski definition) is 0. The molecule has 0 bridgehead atoms. The highest BCUT2D eigenvalue weighted by Crippen LogP contribution is 2.13. The zero-order valence-corrected chi connectivity index (χ0v) is 9.04. The van der Waals surface area contributed by atoms with Crippen LogP contribution in [0.4, 0.5) is 0 Å².